The third kappa shape index (κ3) is 9.89. The molecule has 0 amide bonds. The van der Waals surface area contributed by atoms with Crippen molar-refractivity contribution in [2.45, 2.75) is 195 Å². The molecule has 2 aromatic heterocycles. The minimum Gasteiger partial charge on any atom is -0.456 e. The van der Waals surface area contributed by atoms with Crippen LogP contribution in [-0.4, -0.2) is 0 Å². The van der Waals surface area contributed by atoms with Gasteiger partial charge in [-0.2, -0.15) is 0 Å². The van der Waals surface area contributed by atoms with E-state index >= 15 is 0 Å². The highest BCUT2D eigenvalue weighted by atomic mass is 16.3. The molecule has 13 aromatic rings. The number of rotatable bonds is 11. The lowest BCUT2D eigenvalue weighted by atomic mass is 9.72. The van der Waals surface area contributed by atoms with Crippen LogP contribution < -0.4 is 9.80 Å². The molecule has 3 atom stereocenters. The normalized spacial score (nSPS) is 18.0. The fraction of sp³-hybridized carbons (Fsp3) is 0.307. The summed E-state index contributed by atoms with van der Waals surface area (Å²) in [5.74, 6) is 0.911. The Morgan fingerprint density at radius 2 is 0.981 bits per heavy atom. The van der Waals surface area contributed by atoms with Gasteiger partial charge in [-0.25, -0.2) is 0 Å². The maximum atomic E-state index is 7.39. The van der Waals surface area contributed by atoms with E-state index in [1.54, 1.807) is 0 Å². The number of anilines is 6. The molecule has 0 radical (unpaired) electrons. The molecule has 0 bridgehead atoms. The first-order chi connectivity index (χ1) is 49.9. The zero-order valence-corrected chi connectivity index (χ0v) is 65.2. The minimum absolute atomic E-state index is 0.00961. The van der Waals surface area contributed by atoms with Gasteiger partial charge in [0.2, 0.25) is 0 Å². The second-order valence-electron chi connectivity index (χ2n) is 36.2. The Bertz CT molecular complexity index is 5950. The van der Waals surface area contributed by atoms with E-state index < -0.39 is 0 Å². The Balaban J connectivity index is 0.731. The first-order valence-electron chi connectivity index (χ1n) is 38.8. The average Bonchev–Trinajstić information content (AvgIpc) is 1.54. The van der Waals surface area contributed by atoms with Crippen molar-refractivity contribution in [1.82, 2.24) is 0 Å². The molecular formula is C101H100N2O2. The maximum absolute atomic E-state index is 7.39. The van der Waals surface area contributed by atoms with Crippen molar-refractivity contribution in [1.29, 1.82) is 0 Å². The van der Waals surface area contributed by atoms with E-state index in [9.17, 15) is 0 Å². The Morgan fingerprint density at radius 3 is 1.61 bits per heavy atom. The van der Waals surface area contributed by atoms with Crippen LogP contribution in [0.25, 0.3) is 82.8 Å². The van der Waals surface area contributed by atoms with Crippen LogP contribution in [-0.2, 0) is 32.5 Å². The van der Waals surface area contributed by atoms with E-state index in [2.05, 4.69) is 348 Å². The zero-order valence-electron chi connectivity index (χ0n) is 65.2. The lowest BCUT2D eigenvalue weighted by Gasteiger charge is -2.33. The van der Waals surface area contributed by atoms with Crippen LogP contribution in [0.15, 0.2) is 221 Å². The third-order valence-corrected chi connectivity index (χ3v) is 26.0. The molecule has 0 fully saturated rings. The van der Waals surface area contributed by atoms with Gasteiger partial charge in [0.25, 0.3) is 0 Å². The Labute approximate surface area is 622 Å². The molecule has 526 valence electrons. The summed E-state index contributed by atoms with van der Waals surface area (Å²) in [6.07, 6.45) is 7.96. The van der Waals surface area contributed by atoms with Crippen molar-refractivity contribution >= 4 is 83.6 Å². The maximum Gasteiger partial charge on any atom is 0.138 e. The summed E-state index contributed by atoms with van der Waals surface area (Å²) < 4.78 is 14.0. The van der Waals surface area contributed by atoms with Crippen LogP contribution in [0, 0.1) is 19.8 Å². The highest BCUT2D eigenvalue weighted by Crippen LogP contribution is 2.60. The quantitative estimate of drug-likeness (QED) is 0.129. The predicted molar refractivity (Wildman–Crippen MR) is 445 cm³/mol. The van der Waals surface area contributed by atoms with Gasteiger partial charge in [-0.15, -0.1) is 0 Å². The fourth-order valence-electron chi connectivity index (χ4n) is 20.1. The van der Waals surface area contributed by atoms with Crippen molar-refractivity contribution in [3.8, 4) is 33.4 Å². The van der Waals surface area contributed by atoms with Gasteiger partial charge in [0.1, 0.15) is 22.3 Å². The first kappa shape index (κ1) is 67.0. The van der Waals surface area contributed by atoms with Crippen molar-refractivity contribution in [2.75, 3.05) is 9.80 Å². The lowest BCUT2D eigenvalue weighted by Crippen LogP contribution is -2.23. The summed E-state index contributed by atoms with van der Waals surface area (Å²) in [7, 11) is 0. The van der Waals surface area contributed by atoms with Crippen LogP contribution in [0.1, 0.15) is 227 Å². The number of hydrogen-bond acceptors (Lipinski definition) is 4. The number of aryl methyl sites for hydroxylation is 2. The molecule has 0 N–H and O–H groups in total. The number of para-hydroxylation sites is 1. The largest absolute Gasteiger partial charge is 0.456 e. The average molecular weight is 1370 g/mol. The molecule has 3 unspecified atom stereocenters. The van der Waals surface area contributed by atoms with E-state index in [0.717, 1.165) is 92.1 Å². The fourth-order valence-corrected chi connectivity index (χ4v) is 20.1. The molecule has 5 aliphatic carbocycles. The van der Waals surface area contributed by atoms with Gasteiger partial charge >= 0.3 is 0 Å². The van der Waals surface area contributed by atoms with Crippen LogP contribution in [0.3, 0.4) is 0 Å². The molecule has 11 aromatic carbocycles. The van der Waals surface area contributed by atoms with Gasteiger partial charge in [0.15, 0.2) is 0 Å². The monoisotopic (exact) mass is 1370 g/mol. The lowest BCUT2D eigenvalue weighted by molar-refractivity contribution is 0.474. The molecule has 4 heteroatoms. The number of allylic oxidation sites excluding steroid dienone is 4. The Hall–Kier alpha value is -9.90. The summed E-state index contributed by atoms with van der Waals surface area (Å²) in [5, 5.41) is 4.68. The molecule has 105 heavy (non-hydrogen) atoms. The van der Waals surface area contributed by atoms with Gasteiger partial charge in [-0.05, 0) is 263 Å². The van der Waals surface area contributed by atoms with E-state index in [1.807, 2.05) is 0 Å². The van der Waals surface area contributed by atoms with Gasteiger partial charge in [0.05, 0.1) is 5.69 Å². The van der Waals surface area contributed by atoms with E-state index in [4.69, 9.17) is 8.83 Å². The van der Waals surface area contributed by atoms with Gasteiger partial charge < -0.3 is 18.6 Å². The molecular weight excluding hydrogens is 1270 g/mol. The van der Waals surface area contributed by atoms with Crippen LogP contribution in [0.5, 0.6) is 0 Å². The summed E-state index contributed by atoms with van der Waals surface area (Å²) >= 11 is 0. The van der Waals surface area contributed by atoms with Crippen molar-refractivity contribution in [3.63, 3.8) is 0 Å². The SMILES string of the molecule is Cc1cc2c(cc1N(c1ccc3c(c1)C(C)(C)c1ccccc1-3)c1ccc3c(c1)C(C)(C)c1cccc(C(C)(C)C)c1-3)oc1cc(C(C)CCC3(C)C4=C(c5ccc(N(c6ccc7c(c6)C(C)(C)c6cccc(C(C)(C)C)c6-7)c6ccc7oc8c(C)cccc8c7c6)cc53)C(C)CC=C4)cc(C(C)C)c12. The van der Waals surface area contributed by atoms with Crippen LogP contribution >= 0.6 is 0 Å². The number of hydrogen-bond donors (Lipinski definition) is 0. The standard InChI is InChI=1S/C101H100N2O2/c1-57(2)74-49-62(50-90-92(74)76-48-61(6)87(56-89(76)104-90)103(66-36-41-69-68-28-20-21-30-77(68)98(13,14)83(69)53-66)67-39-43-72-85(54-67)100(17,18)81-34-25-32-79(94(72)81)97(10,11)12)58(3)46-47-101(19)82-35-23-26-59(4)91(82)73-44-38-65(55-86(73)101)102(63-40-45-88-75(51-63)70-29-22-27-60(5)95(70)105-88)64-37-42-71-84(52-64)99(15,16)80-33-24-31-78(93(71)80)96(7,8)9/h20-25,27-45,48-59H,26,46-47H2,1-19H3. The van der Waals surface area contributed by atoms with Gasteiger partial charge in [-0.1, -0.05) is 239 Å². The van der Waals surface area contributed by atoms with Crippen molar-refractivity contribution in [2.24, 2.45) is 5.92 Å². The van der Waals surface area contributed by atoms with Gasteiger partial charge in [0, 0.05) is 77.7 Å². The topological polar surface area (TPSA) is 32.8 Å². The highest BCUT2D eigenvalue weighted by molar-refractivity contribution is 6.10. The molecule has 0 saturated carbocycles. The second-order valence-corrected chi connectivity index (χ2v) is 36.2. The van der Waals surface area contributed by atoms with E-state index in [0.29, 0.717) is 5.92 Å². The Morgan fingerprint density at radius 1 is 0.448 bits per heavy atom. The third-order valence-electron chi connectivity index (χ3n) is 26.0. The molecule has 18 rings (SSSR count). The molecule has 0 saturated heterocycles. The molecule has 4 nitrogen and oxygen atoms in total. The molecule has 2 heterocycles. The highest BCUT2D eigenvalue weighted by Gasteiger charge is 2.45. The second kappa shape index (κ2) is 23.1. The van der Waals surface area contributed by atoms with Gasteiger partial charge in [-0.3, -0.25) is 0 Å². The number of benzene rings is 11. The summed E-state index contributed by atoms with van der Waals surface area (Å²) in [6, 6.07) is 75.4. The predicted octanol–water partition coefficient (Wildman–Crippen LogP) is 28.9. The molecule has 0 spiro atoms. The minimum atomic E-state index is -0.254. The number of nitrogens with zero attached hydrogens (tertiary/aromatic N) is 2. The van der Waals surface area contributed by atoms with Crippen molar-refractivity contribution < 1.29 is 8.83 Å². The zero-order chi connectivity index (χ0) is 73.2. The summed E-state index contributed by atoms with van der Waals surface area (Å²) in [4.78, 5) is 5.07. The molecule has 5 aliphatic rings. The van der Waals surface area contributed by atoms with Crippen LogP contribution in [0.2, 0.25) is 0 Å². The number of furan rings is 2. The van der Waals surface area contributed by atoms with Crippen molar-refractivity contribution in [3.05, 3.63) is 290 Å². The Kier molecular flexibility index (Phi) is 14.7. The number of fused-ring (bicyclic) bond motifs is 17. The van der Waals surface area contributed by atoms with Crippen LogP contribution in [0.4, 0.5) is 34.1 Å². The smallest absolute Gasteiger partial charge is 0.138 e. The summed E-state index contributed by atoms with van der Waals surface area (Å²) in [5.41, 5.74) is 39.7. The molecule has 0 aliphatic heterocycles. The summed E-state index contributed by atoms with van der Waals surface area (Å²) in [6.45, 7) is 45.2. The van der Waals surface area contributed by atoms with E-state index in [1.165, 1.54) is 128 Å². The first-order valence-corrected chi connectivity index (χ1v) is 38.8. The van der Waals surface area contributed by atoms with E-state index in [-0.39, 0.29) is 44.3 Å².